The second-order valence-corrected chi connectivity index (χ2v) is 5.63. The number of carbonyl (C=O) groups excluding carboxylic acids is 1. The molecule has 0 radical (unpaired) electrons. The molecule has 1 amide bonds. The predicted molar refractivity (Wildman–Crippen MR) is 84.5 cm³/mol. The number of rotatable bonds is 3. The summed E-state index contributed by atoms with van der Waals surface area (Å²) in [5, 5.41) is 0. The fourth-order valence-corrected chi connectivity index (χ4v) is 2.92. The number of aryl methyl sites for hydroxylation is 2. The van der Waals surface area contributed by atoms with Crippen LogP contribution in [0.3, 0.4) is 0 Å². The zero-order chi connectivity index (χ0) is 16.4. The molecule has 1 unspecified atom stereocenters. The highest BCUT2D eigenvalue weighted by atomic mass is 16.5. The first-order valence-corrected chi connectivity index (χ1v) is 7.76. The summed E-state index contributed by atoms with van der Waals surface area (Å²) in [7, 11) is 0. The molecule has 0 bridgehead atoms. The van der Waals surface area contributed by atoms with Gasteiger partial charge < -0.3 is 19.0 Å². The lowest BCUT2D eigenvalue weighted by molar-refractivity contribution is -0.00885. The van der Waals surface area contributed by atoms with Crippen molar-refractivity contribution in [2.24, 2.45) is 0 Å². The van der Waals surface area contributed by atoms with Crippen molar-refractivity contribution in [2.75, 3.05) is 19.8 Å². The molecular formula is C17H20N2O4. The van der Waals surface area contributed by atoms with Crippen molar-refractivity contribution in [3.63, 3.8) is 0 Å². The number of amides is 1. The number of furan rings is 1. The van der Waals surface area contributed by atoms with Crippen molar-refractivity contribution in [2.45, 2.75) is 26.3 Å². The van der Waals surface area contributed by atoms with E-state index in [9.17, 15) is 9.59 Å². The Morgan fingerprint density at radius 3 is 3.00 bits per heavy atom. The lowest BCUT2D eigenvalue weighted by atomic mass is 10.1. The number of carbonyl (C=O) groups is 1. The van der Waals surface area contributed by atoms with Crippen LogP contribution in [-0.2, 0) is 11.2 Å². The van der Waals surface area contributed by atoms with Gasteiger partial charge in [0.25, 0.3) is 11.5 Å². The van der Waals surface area contributed by atoms with Gasteiger partial charge in [0.05, 0.1) is 19.5 Å². The molecule has 0 spiro atoms. The molecule has 2 aromatic heterocycles. The van der Waals surface area contributed by atoms with Crippen molar-refractivity contribution in [1.82, 2.24) is 9.88 Å². The number of morpholine rings is 1. The Kier molecular flexibility index (Phi) is 4.34. The molecule has 0 aromatic carbocycles. The van der Waals surface area contributed by atoms with Crippen molar-refractivity contribution in [1.29, 1.82) is 0 Å². The molecule has 1 aliphatic heterocycles. The van der Waals surface area contributed by atoms with E-state index in [1.165, 1.54) is 0 Å². The largest absolute Gasteiger partial charge is 0.467 e. The zero-order valence-electron chi connectivity index (χ0n) is 13.3. The quantitative estimate of drug-likeness (QED) is 0.940. The van der Waals surface area contributed by atoms with Crippen LogP contribution in [0.15, 0.2) is 33.7 Å². The number of aromatic nitrogens is 1. The van der Waals surface area contributed by atoms with E-state index in [0.29, 0.717) is 25.5 Å². The van der Waals surface area contributed by atoms with Crippen molar-refractivity contribution < 1.29 is 13.9 Å². The van der Waals surface area contributed by atoms with Crippen molar-refractivity contribution in [3.8, 4) is 0 Å². The van der Waals surface area contributed by atoms with Gasteiger partial charge in [-0.15, -0.1) is 0 Å². The average Bonchev–Trinajstić information content (AvgIpc) is 3.10. The minimum atomic E-state index is -0.345. The van der Waals surface area contributed by atoms with E-state index in [2.05, 4.69) is 4.98 Å². The summed E-state index contributed by atoms with van der Waals surface area (Å²) in [4.78, 5) is 29.6. The summed E-state index contributed by atoms with van der Waals surface area (Å²) in [6.45, 7) is 5.11. The Morgan fingerprint density at radius 2 is 2.30 bits per heavy atom. The van der Waals surface area contributed by atoms with Gasteiger partial charge in [0.1, 0.15) is 17.4 Å². The van der Waals surface area contributed by atoms with E-state index in [0.717, 1.165) is 17.7 Å². The maximum absolute atomic E-state index is 12.9. The van der Waals surface area contributed by atoms with Gasteiger partial charge in [0.15, 0.2) is 0 Å². The van der Waals surface area contributed by atoms with Gasteiger partial charge in [0, 0.05) is 12.2 Å². The summed E-state index contributed by atoms with van der Waals surface area (Å²) >= 11 is 0. The van der Waals surface area contributed by atoms with E-state index >= 15 is 0 Å². The molecule has 3 heterocycles. The molecule has 3 rings (SSSR count). The monoisotopic (exact) mass is 316 g/mol. The van der Waals surface area contributed by atoms with Gasteiger partial charge in [-0.05, 0) is 37.1 Å². The van der Waals surface area contributed by atoms with Gasteiger partial charge in [-0.1, -0.05) is 6.92 Å². The van der Waals surface area contributed by atoms with E-state index in [-0.39, 0.29) is 23.1 Å². The number of aromatic amines is 1. The number of nitrogens with zero attached hydrogens (tertiary/aromatic N) is 1. The van der Waals surface area contributed by atoms with Crippen LogP contribution in [0.5, 0.6) is 0 Å². The minimum absolute atomic E-state index is 0.165. The Balaban J connectivity index is 1.95. The maximum Gasteiger partial charge on any atom is 0.261 e. The fourth-order valence-electron chi connectivity index (χ4n) is 2.92. The molecule has 23 heavy (non-hydrogen) atoms. The van der Waals surface area contributed by atoms with E-state index in [1.54, 1.807) is 23.3 Å². The summed E-state index contributed by atoms with van der Waals surface area (Å²) in [5.41, 5.74) is 1.59. The van der Waals surface area contributed by atoms with Crippen LogP contribution < -0.4 is 5.56 Å². The van der Waals surface area contributed by atoms with Crippen molar-refractivity contribution in [3.05, 3.63) is 57.4 Å². The first-order valence-electron chi connectivity index (χ1n) is 7.76. The lowest BCUT2D eigenvalue weighted by Crippen LogP contribution is -2.45. The Hall–Kier alpha value is -2.34. The second kappa shape index (κ2) is 6.42. The molecule has 0 aliphatic carbocycles. The van der Waals surface area contributed by atoms with Crippen LogP contribution in [0.2, 0.25) is 0 Å². The number of nitrogens with one attached hydrogen (secondary N) is 1. The van der Waals surface area contributed by atoms with Crippen LogP contribution in [0.25, 0.3) is 0 Å². The molecule has 1 saturated heterocycles. The van der Waals surface area contributed by atoms with Crippen LogP contribution in [0, 0.1) is 6.92 Å². The molecule has 1 atom stereocenters. The van der Waals surface area contributed by atoms with Crippen molar-refractivity contribution >= 4 is 5.91 Å². The first kappa shape index (κ1) is 15.6. The highest BCUT2D eigenvalue weighted by Gasteiger charge is 2.32. The third kappa shape index (κ3) is 2.94. The first-order chi connectivity index (χ1) is 11.1. The molecule has 0 saturated carbocycles. The topological polar surface area (TPSA) is 75.5 Å². The fraction of sp³-hybridized carbons (Fsp3) is 0.412. The Labute approximate surface area is 134 Å². The maximum atomic E-state index is 12.9. The molecular weight excluding hydrogens is 296 g/mol. The molecule has 6 nitrogen and oxygen atoms in total. The summed E-state index contributed by atoms with van der Waals surface area (Å²) in [5.74, 6) is 0.373. The van der Waals surface area contributed by atoms with Crippen LogP contribution in [0.4, 0.5) is 0 Å². The highest BCUT2D eigenvalue weighted by molar-refractivity contribution is 5.94. The summed E-state index contributed by atoms with van der Waals surface area (Å²) in [6.07, 6.45) is 2.29. The van der Waals surface area contributed by atoms with Crippen LogP contribution in [-0.4, -0.2) is 35.5 Å². The predicted octanol–water partition coefficient (Wildman–Crippen LogP) is 2.05. The number of hydrogen-bond acceptors (Lipinski definition) is 4. The highest BCUT2D eigenvalue weighted by Crippen LogP contribution is 2.26. The second-order valence-electron chi connectivity index (χ2n) is 5.63. The molecule has 6 heteroatoms. The standard InChI is InChI=1S/C17H20N2O4/c1-3-13-11(2)9-12(16(20)18-13)17(21)19-6-8-22-10-14(19)15-5-4-7-23-15/h4-5,7,9,14H,3,6,8,10H2,1-2H3,(H,18,20). The van der Waals surface area contributed by atoms with Gasteiger partial charge in [-0.25, -0.2) is 0 Å². The number of pyridine rings is 1. The van der Waals surface area contributed by atoms with E-state index in [4.69, 9.17) is 9.15 Å². The van der Waals surface area contributed by atoms with Gasteiger partial charge in [-0.3, -0.25) is 9.59 Å². The number of H-pyrrole nitrogens is 1. The third-order valence-corrected chi connectivity index (χ3v) is 4.19. The molecule has 1 N–H and O–H groups in total. The SMILES string of the molecule is CCc1[nH]c(=O)c(C(=O)N2CCOCC2c2ccco2)cc1C. The van der Waals surface area contributed by atoms with Gasteiger partial charge >= 0.3 is 0 Å². The van der Waals surface area contributed by atoms with Crippen LogP contribution >= 0.6 is 0 Å². The normalized spacial score (nSPS) is 18.2. The molecule has 1 aliphatic rings. The average molecular weight is 316 g/mol. The Morgan fingerprint density at radius 1 is 1.48 bits per heavy atom. The summed E-state index contributed by atoms with van der Waals surface area (Å²) in [6, 6.07) is 4.96. The number of hydrogen-bond donors (Lipinski definition) is 1. The molecule has 1 fully saturated rings. The van der Waals surface area contributed by atoms with Gasteiger partial charge in [0.2, 0.25) is 0 Å². The summed E-state index contributed by atoms with van der Waals surface area (Å²) < 4.78 is 10.9. The van der Waals surface area contributed by atoms with Gasteiger partial charge in [-0.2, -0.15) is 0 Å². The third-order valence-electron chi connectivity index (χ3n) is 4.19. The van der Waals surface area contributed by atoms with E-state index < -0.39 is 0 Å². The molecule has 122 valence electrons. The minimum Gasteiger partial charge on any atom is -0.467 e. The van der Waals surface area contributed by atoms with Crippen LogP contribution in [0.1, 0.15) is 40.3 Å². The van der Waals surface area contributed by atoms with E-state index in [1.807, 2.05) is 19.9 Å². The molecule has 2 aromatic rings. The zero-order valence-corrected chi connectivity index (χ0v) is 13.3. The number of ether oxygens (including phenoxy) is 1. The Bertz CT molecular complexity index is 748. The lowest BCUT2D eigenvalue weighted by Gasteiger charge is -2.34. The smallest absolute Gasteiger partial charge is 0.261 e.